The van der Waals surface area contributed by atoms with Crippen LogP contribution >= 0.6 is 0 Å². The van der Waals surface area contributed by atoms with Gasteiger partial charge in [-0.15, -0.1) is 0 Å². The van der Waals surface area contributed by atoms with Gasteiger partial charge in [0.05, 0.1) is 12.2 Å². The molecule has 0 aromatic carbocycles. The summed E-state index contributed by atoms with van der Waals surface area (Å²) in [6.07, 6.45) is 1.25. The van der Waals surface area contributed by atoms with Gasteiger partial charge in [-0.2, -0.15) is 0 Å². The fourth-order valence-electron chi connectivity index (χ4n) is 1.63. The molecule has 0 aromatic rings. The summed E-state index contributed by atoms with van der Waals surface area (Å²) in [5, 5.41) is 3.14. The molecular weight excluding hydrogens is 194 g/mol. The lowest BCUT2D eigenvalue weighted by atomic mass is 9.99. The Kier molecular flexibility index (Phi) is 4.54. The highest BCUT2D eigenvalue weighted by Gasteiger charge is 2.37. The smallest absolute Gasteiger partial charge is 0.335 e. The van der Waals surface area contributed by atoms with E-state index in [1.54, 1.807) is 0 Å². The van der Waals surface area contributed by atoms with Crippen molar-refractivity contribution in [1.82, 2.24) is 5.32 Å². The molecule has 1 fully saturated rings. The number of hydrogen-bond donors (Lipinski definition) is 1. The summed E-state index contributed by atoms with van der Waals surface area (Å²) in [6, 6.07) is 0. The Hall–Kier alpha value is -0.610. The molecule has 1 aliphatic rings. The highest BCUT2D eigenvalue weighted by molar-refractivity contribution is 5.74. The Balaban J connectivity index is 2.45. The van der Waals surface area contributed by atoms with Crippen LogP contribution in [0, 0.1) is 0 Å². The maximum Gasteiger partial charge on any atom is 0.335 e. The highest BCUT2D eigenvalue weighted by atomic mass is 16.6. The molecule has 1 atom stereocenters. The Morgan fingerprint density at radius 3 is 2.53 bits per heavy atom. The van der Waals surface area contributed by atoms with Crippen LogP contribution in [-0.4, -0.2) is 37.4 Å². The minimum atomic E-state index is -0.401. The number of carbonyl (C=O) groups excluding carboxylic acids is 1. The second kappa shape index (κ2) is 5.47. The van der Waals surface area contributed by atoms with Gasteiger partial charge in [-0.3, -0.25) is 0 Å². The van der Waals surface area contributed by atoms with Crippen LogP contribution in [0.4, 0.5) is 0 Å². The predicted octanol–water partition coefficient (Wildman–Crippen LogP) is 1.10. The number of esters is 1. The van der Waals surface area contributed by atoms with Crippen molar-refractivity contribution in [3.63, 3.8) is 0 Å². The summed E-state index contributed by atoms with van der Waals surface area (Å²) in [5.74, 6) is -0.229. The lowest BCUT2D eigenvalue weighted by Crippen LogP contribution is -2.60. The van der Waals surface area contributed by atoms with Crippen LogP contribution in [0.5, 0.6) is 0 Å². The molecule has 4 nitrogen and oxygen atoms in total. The molecule has 0 amide bonds. The summed E-state index contributed by atoms with van der Waals surface area (Å²) in [5.41, 5.74) is -0.188. The van der Waals surface area contributed by atoms with E-state index in [0.29, 0.717) is 6.61 Å². The first-order valence-corrected chi connectivity index (χ1v) is 5.66. The minimum Gasteiger partial charge on any atom is -0.464 e. The van der Waals surface area contributed by atoms with E-state index in [-0.39, 0.29) is 11.6 Å². The molecule has 1 aliphatic heterocycles. The fourth-order valence-corrected chi connectivity index (χ4v) is 1.63. The third-order valence-corrected chi connectivity index (χ3v) is 2.53. The van der Waals surface area contributed by atoms with E-state index in [9.17, 15) is 4.79 Å². The predicted molar refractivity (Wildman–Crippen MR) is 57.7 cm³/mol. The molecule has 1 N–H and O–H groups in total. The van der Waals surface area contributed by atoms with Gasteiger partial charge < -0.3 is 14.8 Å². The molecule has 1 heterocycles. The number of hydrogen-bond acceptors (Lipinski definition) is 4. The summed E-state index contributed by atoms with van der Waals surface area (Å²) >= 11 is 0. The largest absolute Gasteiger partial charge is 0.464 e. The highest BCUT2D eigenvalue weighted by Crippen LogP contribution is 2.20. The van der Waals surface area contributed by atoms with Gasteiger partial charge in [0, 0.05) is 13.1 Å². The van der Waals surface area contributed by atoms with Crippen LogP contribution in [0.1, 0.15) is 33.6 Å². The molecule has 1 unspecified atom stereocenters. The van der Waals surface area contributed by atoms with Crippen LogP contribution in [0.3, 0.4) is 0 Å². The van der Waals surface area contributed by atoms with Gasteiger partial charge in [-0.1, -0.05) is 13.3 Å². The van der Waals surface area contributed by atoms with Crippen molar-refractivity contribution < 1.29 is 14.3 Å². The van der Waals surface area contributed by atoms with Gasteiger partial charge >= 0.3 is 5.97 Å². The zero-order chi connectivity index (χ0) is 11.3. The average molecular weight is 215 g/mol. The van der Waals surface area contributed by atoms with Crippen molar-refractivity contribution >= 4 is 5.97 Å². The van der Waals surface area contributed by atoms with Crippen molar-refractivity contribution in [3.8, 4) is 0 Å². The lowest BCUT2D eigenvalue weighted by molar-refractivity contribution is -0.174. The molecule has 0 aromatic heterocycles. The second-order valence-electron chi connectivity index (χ2n) is 4.20. The molecule has 0 radical (unpaired) electrons. The minimum absolute atomic E-state index is 0.188. The molecule has 1 saturated heterocycles. The fraction of sp³-hybridized carbons (Fsp3) is 0.909. The van der Waals surface area contributed by atoms with E-state index < -0.39 is 6.10 Å². The molecule has 88 valence electrons. The molecule has 0 spiro atoms. The first-order valence-electron chi connectivity index (χ1n) is 5.66. The van der Waals surface area contributed by atoms with Crippen LogP contribution in [0.2, 0.25) is 0 Å². The van der Waals surface area contributed by atoms with Crippen molar-refractivity contribution in [2.75, 3.05) is 19.7 Å². The second-order valence-corrected chi connectivity index (χ2v) is 4.20. The van der Waals surface area contributed by atoms with Crippen molar-refractivity contribution in [2.24, 2.45) is 0 Å². The van der Waals surface area contributed by atoms with Crippen LogP contribution in [0.25, 0.3) is 0 Å². The van der Waals surface area contributed by atoms with Crippen LogP contribution in [0.15, 0.2) is 0 Å². The standard InChI is InChI=1S/C11H21NO3/c1-4-6-9(10(13)14-5-2)15-11(3)7-12-8-11/h9,12H,4-8H2,1-3H3. The van der Waals surface area contributed by atoms with Gasteiger partial charge in [0.2, 0.25) is 0 Å². The zero-order valence-corrected chi connectivity index (χ0v) is 9.84. The van der Waals surface area contributed by atoms with Gasteiger partial charge in [0.25, 0.3) is 0 Å². The first-order chi connectivity index (χ1) is 7.11. The third-order valence-electron chi connectivity index (χ3n) is 2.53. The van der Waals surface area contributed by atoms with Crippen molar-refractivity contribution in [1.29, 1.82) is 0 Å². The lowest BCUT2D eigenvalue weighted by Gasteiger charge is -2.41. The first kappa shape index (κ1) is 12.5. The zero-order valence-electron chi connectivity index (χ0n) is 9.84. The number of carbonyl (C=O) groups is 1. The maximum atomic E-state index is 11.6. The van der Waals surface area contributed by atoms with Gasteiger partial charge in [-0.25, -0.2) is 4.79 Å². The van der Waals surface area contributed by atoms with E-state index >= 15 is 0 Å². The number of rotatable bonds is 6. The number of nitrogens with one attached hydrogen (secondary N) is 1. The summed E-state index contributed by atoms with van der Waals surface area (Å²) in [7, 11) is 0. The van der Waals surface area contributed by atoms with Crippen LogP contribution in [-0.2, 0) is 14.3 Å². The summed E-state index contributed by atoms with van der Waals surface area (Å²) in [4.78, 5) is 11.6. The Morgan fingerprint density at radius 1 is 1.47 bits per heavy atom. The van der Waals surface area contributed by atoms with E-state index in [1.165, 1.54) is 0 Å². The average Bonchev–Trinajstić information content (AvgIpc) is 2.15. The van der Waals surface area contributed by atoms with E-state index in [2.05, 4.69) is 5.32 Å². The topological polar surface area (TPSA) is 47.6 Å². The maximum absolute atomic E-state index is 11.6. The molecular formula is C11H21NO3. The quantitative estimate of drug-likeness (QED) is 0.674. The summed E-state index contributed by atoms with van der Waals surface area (Å²) in [6.45, 7) is 7.91. The van der Waals surface area contributed by atoms with Crippen molar-refractivity contribution in [2.45, 2.75) is 45.3 Å². The van der Waals surface area contributed by atoms with Gasteiger partial charge in [0.15, 0.2) is 6.10 Å². The normalized spacial score (nSPS) is 20.5. The molecule has 4 heteroatoms. The van der Waals surface area contributed by atoms with Gasteiger partial charge in [-0.05, 0) is 20.3 Å². The molecule has 0 bridgehead atoms. The monoisotopic (exact) mass is 215 g/mol. The molecule has 0 saturated carbocycles. The molecule has 0 aliphatic carbocycles. The van der Waals surface area contributed by atoms with Crippen LogP contribution < -0.4 is 5.32 Å². The van der Waals surface area contributed by atoms with Gasteiger partial charge in [0.1, 0.15) is 0 Å². The number of ether oxygens (including phenoxy) is 2. The SMILES string of the molecule is CCCC(OC1(C)CNC1)C(=O)OCC. The summed E-state index contributed by atoms with van der Waals surface area (Å²) < 4.78 is 10.8. The Labute approximate surface area is 91.3 Å². The van der Waals surface area contributed by atoms with E-state index in [1.807, 2.05) is 20.8 Å². The van der Waals surface area contributed by atoms with E-state index in [0.717, 1.165) is 25.9 Å². The third kappa shape index (κ3) is 3.47. The Morgan fingerprint density at radius 2 is 2.13 bits per heavy atom. The van der Waals surface area contributed by atoms with E-state index in [4.69, 9.17) is 9.47 Å². The Bertz CT molecular complexity index is 214. The molecule has 15 heavy (non-hydrogen) atoms. The molecule has 1 rings (SSSR count). The van der Waals surface area contributed by atoms with Crippen molar-refractivity contribution in [3.05, 3.63) is 0 Å².